The zero-order valence-corrected chi connectivity index (χ0v) is 21.6. The van der Waals surface area contributed by atoms with E-state index >= 15 is 0 Å². The van der Waals surface area contributed by atoms with Crippen LogP contribution in [0.2, 0.25) is 5.02 Å². The number of aromatic nitrogens is 2. The molecule has 192 valence electrons. The Morgan fingerprint density at radius 2 is 1.82 bits per heavy atom. The highest BCUT2D eigenvalue weighted by molar-refractivity contribution is 7.23. The van der Waals surface area contributed by atoms with Gasteiger partial charge in [0, 0.05) is 61.0 Å². The number of benzene rings is 3. The molecule has 0 aliphatic carbocycles. The van der Waals surface area contributed by atoms with Crippen molar-refractivity contribution >= 4 is 49.7 Å². The number of nitrogens with zero attached hydrogens (tertiary/aromatic N) is 5. The average Bonchev–Trinajstić information content (AvgIpc) is 3.45. The van der Waals surface area contributed by atoms with E-state index in [1.54, 1.807) is 34.4 Å². The summed E-state index contributed by atoms with van der Waals surface area (Å²) in [5.74, 6) is -0.520. The molecule has 0 bridgehead atoms. The molecule has 6 rings (SSSR count). The molecule has 1 saturated heterocycles. The molecule has 8 nitrogen and oxygen atoms in total. The van der Waals surface area contributed by atoms with Crippen molar-refractivity contribution in [2.24, 2.45) is 0 Å². The molecule has 5 aromatic rings. The van der Waals surface area contributed by atoms with E-state index in [0.29, 0.717) is 43.3 Å². The lowest BCUT2D eigenvalue weighted by atomic mass is 10.1. The molecule has 2 aromatic heterocycles. The highest BCUT2D eigenvalue weighted by Gasteiger charge is 2.26. The highest BCUT2D eigenvalue weighted by atomic mass is 35.5. The summed E-state index contributed by atoms with van der Waals surface area (Å²) in [4.78, 5) is 33.4. The number of fused-ring (bicyclic) bond motifs is 3. The van der Waals surface area contributed by atoms with Gasteiger partial charge in [0.25, 0.3) is 11.6 Å². The lowest BCUT2D eigenvalue weighted by molar-refractivity contribution is -0.384. The topological polar surface area (TPSA) is 84.0 Å². The van der Waals surface area contributed by atoms with E-state index in [2.05, 4.69) is 9.30 Å². The van der Waals surface area contributed by atoms with Gasteiger partial charge in [-0.25, -0.2) is 9.37 Å². The maximum atomic E-state index is 13.6. The Morgan fingerprint density at radius 3 is 2.55 bits per heavy atom. The van der Waals surface area contributed by atoms with E-state index in [1.807, 2.05) is 18.2 Å². The smallest absolute Gasteiger partial charge is 0.270 e. The van der Waals surface area contributed by atoms with Gasteiger partial charge in [-0.2, -0.15) is 0 Å². The van der Waals surface area contributed by atoms with Gasteiger partial charge in [0.2, 0.25) is 0 Å². The fourth-order valence-corrected chi connectivity index (χ4v) is 6.16. The second kappa shape index (κ2) is 9.79. The Kier molecular flexibility index (Phi) is 6.30. The standard InChI is InChI=1S/C27H21ClFN5O3S/c28-19-6-9-22-24(15-19)38-27-30-25(17-4-7-20(29)8-5-17)23(33(22)27)16-31-10-12-32(13-11-31)26(35)18-2-1-3-21(14-18)34(36)37/h1-9,14-15H,10-13,16H2. The summed E-state index contributed by atoms with van der Waals surface area (Å²) in [5, 5.41) is 11.8. The minimum atomic E-state index is -0.498. The fourth-order valence-electron chi connectivity index (χ4n) is 4.84. The third kappa shape index (κ3) is 4.51. The summed E-state index contributed by atoms with van der Waals surface area (Å²) >= 11 is 7.78. The van der Waals surface area contributed by atoms with E-state index in [0.717, 1.165) is 32.1 Å². The number of piperazine rings is 1. The Labute approximate surface area is 225 Å². The van der Waals surface area contributed by atoms with Crippen molar-refractivity contribution in [2.45, 2.75) is 6.54 Å². The van der Waals surface area contributed by atoms with Gasteiger partial charge in [-0.15, -0.1) is 0 Å². The predicted octanol–water partition coefficient (Wildman–Crippen LogP) is 5.87. The van der Waals surface area contributed by atoms with Crippen LogP contribution in [0.5, 0.6) is 0 Å². The minimum absolute atomic E-state index is 0.100. The van der Waals surface area contributed by atoms with Crippen LogP contribution in [0.3, 0.4) is 0 Å². The molecule has 1 amide bonds. The van der Waals surface area contributed by atoms with Crippen LogP contribution in [0.15, 0.2) is 66.7 Å². The van der Waals surface area contributed by atoms with Crippen LogP contribution in [-0.4, -0.2) is 56.2 Å². The zero-order chi connectivity index (χ0) is 26.4. The molecule has 1 fully saturated rings. The van der Waals surface area contributed by atoms with Crippen LogP contribution < -0.4 is 0 Å². The van der Waals surface area contributed by atoms with Crippen molar-refractivity contribution in [1.82, 2.24) is 19.2 Å². The molecular formula is C27H21ClFN5O3S. The molecular weight excluding hydrogens is 529 g/mol. The maximum absolute atomic E-state index is 13.6. The van der Waals surface area contributed by atoms with Gasteiger partial charge in [-0.3, -0.25) is 24.2 Å². The first kappa shape index (κ1) is 24.5. The van der Waals surface area contributed by atoms with Gasteiger partial charge in [0.05, 0.1) is 26.5 Å². The van der Waals surface area contributed by atoms with Gasteiger partial charge >= 0.3 is 0 Å². The van der Waals surface area contributed by atoms with Crippen LogP contribution >= 0.6 is 22.9 Å². The minimum Gasteiger partial charge on any atom is -0.336 e. The third-order valence-corrected chi connectivity index (χ3v) is 8.00. The first-order chi connectivity index (χ1) is 18.4. The number of rotatable bonds is 5. The molecule has 0 spiro atoms. The molecule has 0 saturated carbocycles. The van der Waals surface area contributed by atoms with Gasteiger partial charge in [0.1, 0.15) is 5.82 Å². The number of hydrogen-bond donors (Lipinski definition) is 0. The van der Waals surface area contributed by atoms with Crippen LogP contribution in [0.1, 0.15) is 16.1 Å². The molecule has 38 heavy (non-hydrogen) atoms. The summed E-state index contributed by atoms with van der Waals surface area (Å²) in [6, 6.07) is 17.9. The molecule has 1 aliphatic rings. The Hall–Kier alpha value is -3.86. The molecule has 0 unspecified atom stereocenters. The normalized spacial score (nSPS) is 14.4. The number of halogens is 2. The van der Waals surface area contributed by atoms with Gasteiger partial charge < -0.3 is 4.90 Å². The van der Waals surface area contributed by atoms with Gasteiger partial charge in [0.15, 0.2) is 4.96 Å². The lowest BCUT2D eigenvalue weighted by Crippen LogP contribution is -2.48. The van der Waals surface area contributed by atoms with Gasteiger partial charge in [-0.05, 0) is 48.5 Å². The first-order valence-electron chi connectivity index (χ1n) is 12.0. The Morgan fingerprint density at radius 1 is 1.05 bits per heavy atom. The quantitative estimate of drug-likeness (QED) is 0.202. The predicted molar refractivity (Wildman–Crippen MR) is 145 cm³/mol. The molecule has 1 aliphatic heterocycles. The number of nitro groups is 1. The van der Waals surface area contributed by atoms with E-state index < -0.39 is 4.92 Å². The average molecular weight is 550 g/mol. The summed E-state index contributed by atoms with van der Waals surface area (Å²) < 4.78 is 16.8. The SMILES string of the molecule is O=C(c1cccc([N+](=O)[O-])c1)N1CCN(Cc2c(-c3ccc(F)cc3)nc3sc4cc(Cl)ccc4n23)CC1. The number of thiazole rings is 1. The summed E-state index contributed by atoms with van der Waals surface area (Å²) in [7, 11) is 0. The monoisotopic (exact) mass is 549 g/mol. The molecule has 11 heteroatoms. The van der Waals surface area contributed by atoms with Crippen molar-refractivity contribution < 1.29 is 14.1 Å². The van der Waals surface area contributed by atoms with E-state index in [9.17, 15) is 19.3 Å². The second-order valence-electron chi connectivity index (χ2n) is 9.12. The Balaban J connectivity index is 1.28. The third-order valence-electron chi connectivity index (χ3n) is 6.76. The molecule has 3 aromatic carbocycles. The number of carbonyl (C=O) groups is 1. The van der Waals surface area contributed by atoms with Crippen molar-refractivity contribution in [3.8, 4) is 11.3 Å². The van der Waals surface area contributed by atoms with Crippen molar-refractivity contribution in [3.63, 3.8) is 0 Å². The summed E-state index contributed by atoms with van der Waals surface area (Å²) in [5.41, 5.74) is 3.83. The van der Waals surface area contributed by atoms with Crippen molar-refractivity contribution in [1.29, 1.82) is 0 Å². The summed E-state index contributed by atoms with van der Waals surface area (Å²) in [6.07, 6.45) is 0. The number of non-ortho nitro benzene ring substituents is 1. The zero-order valence-electron chi connectivity index (χ0n) is 20.0. The first-order valence-corrected chi connectivity index (χ1v) is 13.2. The van der Waals surface area contributed by atoms with Crippen LogP contribution in [0, 0.1) is 15.9 Å². The van der Waals surface area contributed by atoms with Crippen LogP contribution in [-0.2, 0) is 6.54 Å². The molecule has 3 heterocycles. The summed E-state index contributed by atoms with van der Waals surface area (Å²) in [6.45, 7) is 2.83. The largest absolute Gasteiger partial charge is 0.336 e. The van der Waals surface area contributed by atoms with Crippen LogP contribution in [0.25, 0.3) is 26.4 Å². The maximum Gasteiger partial charge on any atom is 0.270 e. The number of nitro benzene ring substituents is 1. The van der Waals surface area contributed by atoms with Crippen LogP contribution in [0.4, 0.5) is 10.1 Å². The van der Waals surface area contributed by atoms with E-state index in [4.69, 9.17) is 16.6 Å². The van der Waals surface area contributed by atoms with E-state index in [1.165, 1.54) is 30.3 Å². The molecule has 0 atom stereocenters. The number of imidazole rings is 1. The second-order valence-corrected chi connectivity index (χ2v) is 10.6. The van der Waals surface area contributed by atoms with Gasteiger partial charge in [-0.1, -0.05) is 29.0 Å². The molecule has 0 N–H and O–H groups in total. The number of hydrogen-bond acceptors (Lipinski definition) is 6. The number of amides is 1. The Bertz CT molecular complexity index is 1690. The van der Waals surface area contributed by atoms with E-state index in [-0.39, 0.29) is 17.4 Å². The lowest BCUT2D eigenvalue weighted by Gasteiger charge is -2.34. The number of carbonyl (C=O) groups excluding carboxylic acids is 1. The highest BCUT2D eigenvalue weighted by Crippen LogP contribution is 2.35. The molecule has 0 radical (unpaired) electrons. The van der Waals surface area contributed by atoms with Crippen molar-refractivity contribution in [3.05, 3.63) is 98.9 Å². The fraction of sp³-hybridized carbons (Fsp3) is 0.185. The van der Waals surface area contributed by atoms with Crippen molar-refractivity contribution in [2.75, 3.05) is 26.2 Å².